The zero-order valence-corrected chi connectivity index (χ0v) is 9.57. The summed E-state index contributed by atoms with van der Waals surface area (Å²) in [5.41, 5.74) is 8.75. The molecule has 16 heavy (non-hydrogen) atoms. The molecule has 0 aliphatic rings. The molecular weight excluding hydrogens is 200 g/mol. The molecule has 4 nitrogen and oxygen atoms in total. The molecule has 0 atom stereocenters. The molecule has 0 amide bonds. The van der Waals surface area contributed by atoms with E-state index in [9.17, 15) is 0 Å². The number of hydrogen-bond donors (Lipinski definition) is 2. The van der Waals surface area contributed by atoms with Crippen molar-refractivity contribution < 1.29 is 0 Å². The third-order valence-corrected chi connectivity index (χ3v) is 2.40. The molecule has 0 unspecified atom stereocenters. The molecule has 3 N–H and O–H groups in total. The van der Waals surface area contributed by atoms with Gasteiger partial charge in [-0.05, 0) is 24.5 Å². The number of anilines is 1. The highest BCUT2D eigenvalue weighted by Crippen LogP contribution is 2.27. The number of nitrogens with one attached hydrogen (secondary N) is 1. The number of hydrogen-bond acceptors (Lipinski definition) is 3. The van der Waals surface area contributed by atoms with Gasteiger partial charge < -0.3 is 5.73 Å². The number of rotatable bonds is 3. The van der Waals surface area contributed by atoms with Crippen molar-refractivity contribution in [2.75, 3.05) is 5.73 Å². The maximum Gasteiger partial charge on any atom is 0.154 e. The van der Waals surface area contributed by atoms with Crippen LogP contribution < -0.4 is 5.73 Å². The average Bonchev–Trinajstić information content (AvgIpc) is 2.60. The van der Waals surface area contributed by atoms with Crippen LogP contribution in [-0.4, -0.2) is 15.2 Å². The summed E-state index contributed by atoms with van der Waals surface area (Å²) in [4.78, 5) is 4.31. The van der Waals surface area contributed by atoms with Crippen molar-refractivity contribution in [1.82, 2.24) is 15.2 Å². The van der Waals surface area contributed by atoms with Crippen molar-refractivity contribution in [3.05, 3.63) is 30.1 Å². The Morgan fingerprint density at radius 2 is 2.19 bits per heavy atom. The van der Waals surface area contributed by atoms with Crippen LogP contribution in [-0.2, 0) is 6.42 Å². The Morgan fingerprint density at radius 1 is 1.38 bits per heavy atom. The second-order valence-corrected chi connectivity index (χ2v) is 4.28. The number of pyridine rings is 1. The minimum absolute atomic E-state index is 0.523. The standard InChI is InChI=1S/C12H16N4/c1-8(2)7-10-11(12(13)16-15-10)9-5-3-4-6-14-9/h3-6,8H,7H2,1-2H3,(H3,13,15,16). The van der Waals surface area contributed by atoms with Gasteiger partial charge >= 0.3 is 0 Å². The van der Waals surface area contributed by atoms with E-state index in [0.29, 0.717) is 11.7 Å². The van der Waals surface area contributed by atoms with Crippen molar-refractivity contribution >= 4 is 5.82 Å². The molecule has 2 rings (SSSR count). The van der Waals surface area contributed by atoms with Crippen molar-refractivity contribution in [1.29, 1.82) is 0 Å². The molecule has 0 saturated heterocycles. The van der Waals surface area contributed by atoms with Crippen LogP contribution in [0.3, 0.4) is 0 Å². The normalized spacial score (nSPS) is 10.9. The number of aromatic amines is 1. The first-order valence-electron chi connectivity index (χ1n) is 5.42. The molecule has 0 aliphatic carbocycles. The fraction of sp³-hybridized carbons (Fsp3) is 0.333. The lowest BCUT2D eigenvalue weighted by atomic mass is 10.0. The van der Waals surface area contributed by atoms with E-state index in [0.717, 1.165) is 23.4 Å². The van der Waals surface area contributed by atoms with E-state index in [2.05, 4.69) is 29.0 Å². The molecule has 0 aliphatic heterocycles. The zero-order valence-electron chi connectivity index (χ0n) is 9.57. The second-order valence-electron chi connectivity index (χ2n) is 4.28. The first-order valence-corrected chi connectivity index (χ1v) is 5.42. The van der Waals surface area contributed by atoms with E-state index in [1.807, 2.05) is 18.2 Å². The molecule has 0 aromatic carbocycles. The first kappa shape index (κ1) is 10.7. The summed E-state index contributed by atoms with van der Waals surface area (Å²) in [7, 11) is 0. The summed E-state index contributed by atoms with van der Waals surface area (Å²) < 4.78 is 0. The van der Waals surface area contributed by atoms with Crippen LogP contribution in [0.25, 0.3) is 11.3 Å². The predicted octanol–water partition coefficient (Wildman–Crippen LogP) is 2.25. The Bertz CT molecular complexity index is 459. The lowest BCUT2D eigenvalue weighted by molar-refractivity contribution is 0.634. The Morgan fingerprint density at radius 3 is 2.81 bits per heavy atom. The van der Waals surface area contributed by atoms with E-state index in [4.69, 9.17) is 5.73 Å². The van der Waals surface area contributed by atoms with Crippen LogP contribution >= 0.6 is 0 Å². The van der Waals surface area contributed by atoms with Gasteiger partial charge in [-0.1, -0.05) is 19.9 Å². The highest BCUT2D eigenvalue weighted by molar-refractivity contribution is 5.73. The number of nitrogens with two attached hydrogens (primary N) is 1. The van der Waals surface area contributed by atoms with Gasteiger partial charge in [0.2, 0.25) is 0 Å². The zero-order chi connectivity index (χ0) is 11.5. The number of H-pyrrole nitrogens is 1. The lowest BCUT2D eigenvalue weighted by Gasteiger charge is -2.05. The monoisotopic (exact) mass is 216 g/mol. The van der Waals surface area contributed by atoms with Crippen LogP contribution in [0.15, 0.2) is 24.4 Å². The Hall–Kier alpha value is -1.84. The van der Waals surface area contributed by atoms with Gasteiger partial charge in [-0.3, -0.25) is 10.1 Å². The van der Waals surface area contributed by atoms with Crippen LogP contribution in [0.4, 0.5) is 5.82 Å². The summed E-state index contributed by atoms with van der Waals surface area (Å²) in [6.45, 7) is 4.33. The Labute approximate surface area is 94.9 Å². The van der Waals surface area contributed by atoms with Crippen LogP contribution in [0.1, 0.15) is 19.5 Å². The van der Waals surface area contributed by atoms with Crippen molar-refractivity contribution in [2.24, 2.45) is 5.92 Å². The van der Waals surface area contributed by atoms with Gasteiger partial charge in [0, 0.05) is 11.9 Å². The smallest absolute Gasteiger partial charge is 0.154 e. The summed E-state index contributed by atoms with van der Waals surface area (Å²) in [5, 5.41) is 7.05. The molecule has 4 heteroatoms. The molecule has 0 radical (unpaired) electrons. The summed E-state index contributed by atoms with van der Waals surface area (Å²) in [5.74, 6) is 1.08. The summed E-state index contributed by atoms with van der Waals surface area (Å²) in [6, 6.07) is 5.79. The maximum absolute atomic E-state index is 5.87. The van der Waals surface area contributed by atoms with Crippen molar-refractivity contribution in [3.63, 3.8) is 0 Å². The van der Waals surface area contributed by atoms with Gasteiger partial charge in [0.05, 0.1) is 11.3 Å². The molecule has 2 heterocycles. The third-order valence-electron chi connectivity index (χ3n) is 2.40. The number of nitrogen functional groups attached to an aromatic ring is 1. The number of nitrogens with zero attached hydrogens (tertiary/aromatic N) is 2. The fourth-order valence-electron chi connectivity index (χ4n) is 1.75. The molecule has 2 aromatic rings. The molecule has 0 spiro atoms. The largest absolute Gasteiger partial charge is 0.382 e. The quantitative estimate of drug-likeness (QED) is 0.826. The van der Waals surface area contributed by atoms with Gasteiger partial charge in [-0.2, -0.15) is 5.10 Å². The summed E-state index contributed by atoms with van der Waals surface area (Å²) >= 11 is 0. The van der Waals surface area contributed by atoms with Crippen molar-refractivity contribution in [2.45, 2.75) is 20.3 Å². The van der Waals surface area contributed by atoms with E-state index in [1.54, 1.807) is 6.20 Å². The maximum atomic E-state index is 5.87. The third kappa shape index (κ3) is 2.05. The minimum atomic E-state index is 0.523. The average molecular weight is 216 g/mol. The van der Waals surface area contributed by atoms with Crippen LogP contribution in [0.2, 0.25) is 0 Å². The van der Waals surface area contributed by atoms with E-state index >= 15 is 0 Å². The molecule has 0 saturated carbocycles. The van der Waals surface area contributed by atoms with Gasteiger partial charge in [0.1, 0.15) is 0 Å². The molecule has 0 fully saturated rings. The van der Waals surface area contributed by atoms with Gasteiger partial charge in [0.25, 0.3) is 0 Å². The van der Waals surface area contributed by atoms with Gasteiger partial charge in [-0.25, -0.2) is 0 Å². The van der Waals surface area contributed by atoms with E-state index < -0.39 is 0 Å². The van der Waals surface area contributed by atoms with Crippen LogP contribution in [0, 0.1) is 5.92 Å². The topological polar surface area (TPSA) is 67.6 Å². The Balaban J connectivity index is 2.43. The lowest BCUT2D eigenvalue weighted by Crippen LogP contribution is -1.98. The van der Waals surface area contributed by atoms with Crippen molar-refractivity contribution in [3.8, 4) is 11.3 Å². The molecule has 0 bridgehead atoms. The van der Waals surface area contributed by atoms with E-state index in [1.165, 1.54) is 0 Å². The fourth-order valence-corrected chi connectivity index (χ4v) is 1.75. The van der Waals surface area contributed by atoms with Crippen LogP contribution in [0.5, 0.6) is 0 Å². The molecule has 84 valence electrons. The summed E-state index contributed by atoms with van der Waals surface area (Å²) in [6.07, 6.45) is 2.69. The SMILES string of the molecule is CC(C)Cc1[nH]nc(N)c1-c1ccccn1. The molecular formula is C12H16N4. The van der Waals surface area contributed by atoms with Gasteiger partial charge in [-0.15, -0.1) is 0 Å². The molecule has 2 aromatic heterocycles. The van der Waals surface area contributed by atoms with E-state index in [-0.39, 0.29) is 0 Å². The highest BCUT2D eigenvalue weighted by atomic mass is 15.2. The van der Waals surface area contributed by atoms with Gasteiger partial charge in [0.15, 0.2) is 5.82 Å². The second kappa shape index (κ2) is 4.35. The minimum Gasteiger partial charge on any atom is -0.382 e. The predicted molar refractivity (Wildman–Crippen MR) is 64.8 cm³/mol. The number of aromatic nitrogens is 3. The Kier molecular flexibility index (Phi) is 2.90. The first-order chi connectivity index (χ1) is 7.68. The highest BCUT2D eigenvalue weighted by Gasteiger charge is 2.14.